The molecule has 32 heavy (non-hydrogen) atoms. The Morgan fingerprint density at radius 1 is 1.34 bits per heavy atom. The van der Waals surface area contributed by atoms with Gasteiger partial charge in [0.2, 0.25) is 0 Å². The van der Waals surface area contributed by atoms with E-state index in [1.54, 1.807) is 24.4 Å². The summed E-state index contributed by atoms with van der Waals surface area (Å²) >= 11 is 7.40. The largest absolute Gasteiger partial charge is 0.858 e. The van der Waals surface area contributed by atoms with E-state index in [0.717, 1.165) is 22.7 Å². The summed E-state index contributed by atoms with van der Waals surface area (Å²) in [6, 6.07) is 8.96. The SMILES string of the molecule is C=CCn1c(/N=C(\[O-])c2ccc(NS(=O)(=O)c3cccs3)cc2)c(C(=O)OCC)sc1=S. The molecule has 2 heterocycles. The molecule has 0 spiro atoms. The van der Waals surface area contributed by atoms with Crippen molar-refractivity contribution in [2.75, 3.05) is 11.3 Å². The molecule has 0 amide bonds. The lowest BCUT2D eigenvalue weighted by molar-refractivity contribution is -0.212. The quantitative estimate of drug-likeness (QED) is 0.154. The fourth-order valence-electron chi connectivity index (χ4n) is 2.59. The maximum absolute atomic E-state index is 12.8. The molecule has 3 aromatic rings. The number of nitrogens with one attached hydrogen (secondary N) is 1. The summed E-state index contributed by atoms with van der Waals surface area (Å²) in [5.74, 6) is -1.13. The Morgan fingerprint density at radius 2 is 2.06 bits per heavy atom. The fraction of sp³-hybridized carbons (Fsp3) is 0.150. The molecule has 168 valence electrons. The molecule has 12 heteroatoms. The van der Waals surface area contributed by atoms with Crippen LogP contribution in [0.3, 0.4) is 0 Å². The van der Waals surface area contributed by atoms with Crippen LogP contribution >= 0.6 is 34.9 Å². The monoisotopic (exact) mass is 508 g/mol. The summed E-state index contributed by atoms with van der Waals surface area (Å²) in [6.07, 6.45) is 1.58. The molecule has 0 aliphatic carbocycles. The first-order chi connectivity index (χ1) is 15.3. The fourth-order valence-corrected chi connectivity index (χ4v) is 5.89. The van der Waals surface area contributed by atoms with E-state index in [9.17, 15) is 18.3 Å². The summed E-state index contributed by atoms with van der Waals surface area (Å²) in [6.45, 7) is 5.77. The van der Waals surface area contributed by atoms with E-state index < -0.39 is 21.9 Å². The van der Waals surface area contributed by atoms with Crippen molar-refractivity contribution >= 4 is 68.3 Å². The topological polar surface area (TPSA) is 113 Å². The molecule has 1 aromatic carbocycles. The summed E-state index contributed by atoms with van der Waals surface area (Å²) in [7, 11) is -3.70. The van der Waals surface area contributed by atoms with Gasteiger partial charge in [0.25, 0.3) is 10.0 Å². The van der Waals surface area contributed by atoms with Gasteiger partial charge in [-0.3, -0.25) is 4.72 Å². The zero-order valence-electron chi connectivity index (χ0n) is 16.8. The van der Waals surface area contributed by atoms with Crippen LogP contribution in [0.5, 0.6) is 0 Å². The molecular formula is C20H18N3O5S4-. The van der Waals surface area contributed by atoms with Crippen LogP contribution in [-0.2, 0) is 21.3 Å². The highest BCUT2D eigenvalue weighted by Gasteiger charge is 2.20. The second-order valence-corrected chi connectivity index (χ2v) is 10.7. The number of aliphatic imine (C=N–C) groups is 1. The molecule has 3 rings (SSSR count). The first-order valence-corrected chi connectivity index (χ1v) is 12.8. The van der Waals surface area contributed by atoms with E-state index >= 15 is 0 Å². The molecule has 2 aromatic heterocycles. The van der Waals surface area contributed by atoms with Gasteiger partial charge < -0.3 is 14.4 Å². The van der Waals surface area contributed by atoms with Crippen LogP contribution in [0.2, 0.25) is 0 Å². The van der Waals surface area contributed by atoms with Gasteiger partial charge >= 0.3 is 5.97 Å². The highest BCUT2D eigenvalue weighted by Crippen LogP contribution is 2.29. The van der Waals surface area contributed by atoms with Crippen molar-refractivity contribution in [2.24, 2.45) is 4.99 Å². The van der Waals surface area contributed by atoms with Gasteiger partial charge in [0.05, 0.1) is 6.61 Å². The van der Waals surface area contributed by atoms with Gasteiger partial charge in [0.1, 0.15) is 4.21 Å². The van der Waals surface area contributed by atoms with Crippen molar-refractivity contribution < 1.29 is 23.1 Å². The van der Waals surface area contributed by atoms with Gasteiger partial charge in [-0.05, 0) is 54.2 Å². The van der Waals surface area contributed by atoms with E-state index in [1.807, 2.05) is 0 Å². The van der Waals surface area contributed by atoms with Gasteiger partial charge in [-0.15, -0.1) is 17.9 Å². The molecule has 0 radical (unpaired) electrons. The third-order valence-electron chi connectivity index (χ3n) is 3.99. The first-order valence-electron chi connectivity index (χ1n) is 9.21. The Kier molecular flexibility index (Phi) is 7.61. The number of anilines is 1. The number of ether oxygens (including phenoxy) is 1. The smallest absolute Gasteiger partial charge is 0.352 e. The first kappa shape index (κ1) is 23.9. The Labute approximate surface area is 198 Å². The van der Waals surface area contributed by atoms with E-state index in [-0.39, 0.29) is 33.6 Å². The zero-order chi connectivity index (χ0) is 23.3. The Balaban J connectivity index is 1.91. The standard InChI is InChI=1S/C20H19N3O5S4/c1-3-11-23-17(16(31-20(23)29)19(25)28-4-2)21-18(24)13-7-9-14(10-8-13)22-32(26,27)15-6-5-12-30-15/h3,5-10,12,22H,1,4,11H2,2H3,(H,21,24)/p-1. The van der Waals surface area contributed by atoms with Crippen molar-refractivity contribution in [3.63, 3.8) is 0 Å². The number of carbonyl (C=O) groups is 1. The van der Waals surface area contributed by atoms with Crippen LogP contribution in [0.25, 0.3) is 0 Å². The number of hydrogen-bond donors (Lipinski definition) is 1. The van der Waals surface area contributed by atoms with E-state index in [2.05, 4.69) is 16.3 Å². The molecule has 8 nitrogen and oxygen atoms in total. The van der Waals surface area contributed by atoms with Crippen LogP contribution < -0.4 is 9.83 Å². The maximum Gasteiger partial charge on any atom is 0.352 e. The number of sulfonamides is 1. The number of esters is 1. The number of aromatic nitrogens is 1. The number of hydrogen-bond acceptors (Lipinski definition) is 9. The summed E-state index contributed by atoms with van der Waals surface area (Å²) in [5.41, 5.74) is 0.508. The Morgan fingerprint density at radius 3 is 2.66 bits per heavy atom. The molecule has 0 aliphatic rings. The van der Waals surface area contributed by atoms with Crippen molar-refractivity contribution in [3.8, 4) is 0 Å². The van der Waals surface area contributed by atoms with E-state index in [1.165, 1.54) is 34.9 Å². The summed E-state index contributed by atoms with van der Waals surface area (Å²) in [4.78, 5) is 16.5. The molecule has 0 unspecified atom stereocenters. The van der Waals surface area contributed by atoms with Crippen molar-refractivity contribution in [1.29, 1.82) is 0 Å². The molecule has 0 saturated carbocycles. The molecule has 0 bridgehead atoms. The van der Waals surface area contributed by atoms with Crippen molar-refractivity contribution in [2.45, 2.75) is 17.7 Å². The second kappa shape index (κ2) is 10.2. The Hall–Kier alpha value is -2.80. The average Bonchev–Trinajstić information content (AvgIpc) is 3.39. The number of thiophene rings is 1. The number of nitrogens with zero attached hydrogens (tertiary/aromatic N) is 2. The molecule has 0 aliphatic heterocycles. The number of rotatable bonds is 9. The molecule has 0 fully saturated rings. The molecule has 0 atom stereocenters. The summed E-state index contributed by atoms with van der Waals surface area (Å²) in [5, 5.41) is 14.4. The van der Waals surface area contributed by atoms with E-state index in [0.29, 0.717) is 9.64 Å². The highest BCUT2D eigenvalue weighted by molar-refractivity contribution is 7.94. The minimum atomic E-state index is -3.70. The normalized spacial score (nSPS) is 11.8. The van der Waals surface area contributed by atoms with Gasteiger partial charge in [-0.25, -0.2) is 18.2 Å². The van der Waals surface area contributed by atoms with Gasteiger partial charge in [-0.2, -0.15) is 0 Å². The minimum Gasteiger partial charge on any atom is -0.858 e. The number of thiazole rings is 1. The Bertz CT molecular complexity index is 1300. The lowest BCUT2D eigenvalue weighted by Gasteiger charge is -2.13. The van der Waals surface area contributed by atoms with Gasteiger partial charge in [0.15, 0.2) is 14.6 Å². The minimum absolute atomic E-state index is 0.103. The lowest BCUT2D eigenvalue weighted by atomic mass is 10.2. The number of benzene rings is 1. The van der Waals surface area contributed by atoms with Crippen LogP contribution in [0.15, 0.2) is 63.6 Å². The zero-order valence-corrected chi connectivity index (χ0v) is 20.1. The van der Waals surface area contributed by atoms with Gasteiger partial charge in [0, 0.05) is 12.2 Å². The third-order valence-corrected chi connectivity index (χ3v) is 8.19. The maximum atomic E-state index is 12.8. The van der Waals surface area contributed by atoms with Crippen LogP contribution in [-0.4, -0.2) is 31.5 Å². The van der Waals surface area contributed by atoms with Crippen LogP contribution in [0, 0.1) is 3.95 Å². The average molecular weight is 509 g/mol. The van der Waals surface area contributed by atoms with Gasteiger partial charge in [-0.1, -0.05) is 35.6 Å². The van der Waals surface area contributed by atoms with Crippen molar-refractivity contribution in [3.05, 3.63) is 68.8 Å². The summed E-state index contributed by atoms with van der Waals surface area (Å²) < 4.78 is 34.2. The lowest BCUT2D eigenvalue weighted by Crippen LogP contribution is -2.19. The van der Waals surface area contributed by atoms with Crippen molar-refractivity contribution in [1.82, 2.24) is 4.57 Å². The van der Waals surface area contributed by atoms with Crippen LogP contribution in [0.1, 0.15) is 22.2 Å². The number of carbonyl (C=O) groups excluding carboxylic acids is 1. The molecule has 1 N–H and O–H groups in total. The highest BCUT2D eigenvalue weighted by atomic mass is 32.2. The predicted molar refractivity (Wildman–Crippen MR) is 127 cm³/mol. The number of allylic oxidation sites excluding steroid dienone is 1. The van der Waals surface area contributed by atoms with E-state index in [4.69, 9.17) is 17.0 Å². The van der Waals surface area contributed by atoms with Crippen LogP contribution in [0.4, 0.5) is 11.5 Å². The second-order valence-electron chi connectivity index (χ2n) is 6.17. The molecular weight excluding hydrogens is 491 g/mol. The third kappa shape index (κ3) is 5.33. The predicted octanol–water partition coefficient (Wildman–Crippen LogP) is 3.94. The molecule has 0 saturated heterocycles.